The van der Waals surface area contributed by atoms with Crippen LogP contribution >= 0.6 is 0 Å². The Balaban J connectivity index is 2.20. The highest BCUT2D eigenvalue weighted by molar-refractivity contribution is 5.88. The van der Waals surface area contributed by atoms with Crippen LogP contribution in [0.3, 0.4) is 0 Å². The number of carbonyl (C=O) groups excluding carboxylic acids is 1. The van der Waals surface area contributed by atoms with Gasteiger partial charge in [-0.2, -0.15) is 0 Å². The highest BCUT2D eigenvalue weighted by Gasteiger charge is 2.07. The van der Waals surface area contributed by atoms with Crippen molar-refractivity contribution < 1.29 is 9.53 Å². The standard InChI is InChI=1S/C11H11N3O2/c1-2-16-10(15)9-7-12-11(13-8-9)14-5-3-4-6-14/h3-8H,2H2,1H3. The Morgan fingerprint density at radius 2 is 1.94 bits per heavy atom. The number of ether oxygens (including phenoxy) is 1. The van der Waals surface area contributed by atoms with Crippen molar-refractivity contribution in [2.45, 2.75) is 6.92 Å². The normalized spacial score (nSPS) is 10.1. The molecule has 5 heteroatoms. The number of rotatable bonds is 3. The molecule has 16 heavy (non-hydrogen) atoms. The van der Waals surface area contributed by atoms with E-state index in [2.05, 4.69) is 9.97 Å². The Morgan fingerprint density at radius 1 is 1.31 bits per heavy atom. The maximum absolute atomic E-state index is 11.3. The predicted octanol–water partition coefficient (Wildman–Crippen LogP) is 1.44. The summed E-state index contributed by atoms with van der Waals surface area (Å²) < 4.78 is 6.59. The van der Waals surface area contributed by atoms with Crippen LogP contribution in [-0.4, -0.2) is 27.1 Å². The Labute approximate surface area is 92.7 Å². The van der Waals surface area contributed by atoms with Gasteiger partial charge < -0.3 is 4.74 Å². The summed E-state index contributed by atoms with van der Waals surface area (Å²) >= 11 is 0. The van der Waals surface area contributed by atoms with Crippen molar-refractivity contribution in [3.05, 3.63) is 42.5 Å². The Bertz CT molecular complexity index is 462. The minimum absolute atomic E-state index is 0.345. The van der Waals surface area contributed by atoms with Gasteiger partial charge in [0, 0.05) is 24.8 Å². The Kier molecular flexibility index (Phi) is 2.95. The lowest BCUT2D eigenvalue weighted by Gasteiger charge is -2.02. The van der Waals surface area contributed by atoms with Gasteiger partial charge >= 0.3 is 5.97 Å². The van der Waals surface area contributed by atoms with Crippen LogP contribution in [0, 0.1) is 0 Å². The molecule has 0 amide bonds. The van der Waals surface area contributed by atoms with Crippen LogP contribution in [0.2, 0.25) is 0 Å². The van der Waals surface area contributed by atoms with Crippen molar-refractivity contribution in [1.29, 1.82) is 0 Å². The van der Waals surface area contributed by atoms with Gasteiger partial charge in [-0.1, -0.05) is 0 Å². The lowest BCUT2D eigenvalue weighted by Crippen LogP contribution is -2.07. The molecule has 0 atom stereocenters. The molecule has 0 saturated carbocycles. The number of carbonyl (C=O) groups is 1. The molecule has 0 N–H and O–H groups in total. The summed E-state index contributed by atoms with van der Waals surface area (Å²) in [6, 6.07) is 3.76. The molecule has 0 unspecified atom stereocenters. The number of hydrogen-bond acceptors (Lipinski definition) is 4. The molecule has 0 saturated heterocycles. The van der Waals surface area contributed by atoms with Crippen molar-refractivity contribution in [3.8, 4) is 5.95 Å². The number of nitrogens with zero attached hydrogens (tertiary/aromatic N) is 3. The maximum Gasteiger partial charge on any atom is 0.341 e. The third-order valence-corrected chi connectivity index (χ3v) is 1.98. The molecule has 0 radical (unpaired) electrons. The van der Waals surface area contributed by atoms with Gasteiger partial charge in [-0.3, -0.25) is 4.57 Å². The molecule has 0 bridgehead atoms. The fourth-order valence-electron chi connectivity index (χ4n) is 1.24. The Morgan fingerprint density at radius 3 is 2.50 bits per heavy atom. The second-order valence-corrected chi connectivity index (χ2v) is 3.08. The average molecular weight is 217 g/mol. The quantitative estimate of drug-likeness (QED) is 0.730. The highest BCUT2D eigenvalue weighted by atomic mass is 16.5. The van der Waals surface area contributed by atoms with Gasteiger partial charge in [-0.25, -0.2) is 14.8 Å². The van der Waals surface area contributed by atoms with Crippen LogP contribution in [-0.2, 0) is 4.74 Å². The molecule has 2 heterocycles. The van der Waals surface area contributed by atoms with Gasteiger partial charge in [0.2, 0.25) is 5.95 Å². The van der Waals surface area contributed by atoms with Gasteiger partial charge in [-0.15, -0.1) is 0 Å². The third kappa shape index (κ3) is 2.08. The fraction of sp³-hybridized carbons (Fsp3) is 0.182. The summed E-state index contributed by atoms with van der Waals surface area (Å²) in [6.45, 7) is 2.10. The van der Waals surface area contributed by atoms with Gasteiger partial charge in [-0.05, 0) is 19.1 Å². The summed E-state index contributed by atoms with van der Waals surface area (Å²) in [4.78, 5) is 19.5. The molecule has 0 fully saturated rings. The maximum atomic E-state index is 11.3. The number of hydrogen-bond donors (Lipinski definition) is 0. The number of esters is 1. The average Bonchev–Trinajstić information content (AvgIpc) is 2.83. The lowest BCUT2D eigenvalue weighted by molar-refractivity contribution is 0.0525. The van der Waals surface area contributed by atoms with Crippen LogP contribution in [0.15, 0.2) is 36.9 Å². The smallest absolute Gasteiger partial charge is 0.341 e. The molecule has 0 aliphatic carbocycles. The van der Waals surface area contributed by atoms with Crippen molar-refractivity contribution in [2.24, 2.45) is 0 Å². The van der Waals surface area contributed by atoms with Crippen LogP contribution in [0.4, 0.5) is 0 Å². The summed E-state index contributed by atoms with van der Waals surface area (Å²) in [5.41, 5.74) is 0.359. The molecule has 5 nitrogen and oxygen atoms in total. The topological polar surface area (TPSA) is 57.0 Å². The number of aromatic nitrogens is 3. The molecule has 2 rings (SSSR count). The van der Waals surface area contributed by atoms with Crippen LogP contribution in [0.1, 0.15) is 17.3 Å². The van der Waals surface area contributed by atoms with E-state index in [9.17, 15) is 4.79 Å². The first-order valence-electron chi connectivity index (χ1n) is 4.93. The van der Waals surface area contributed by atoms with E-state index in [4.69, 9.17) is 4.74 Å². The SMILES string of the molecule is CCOC(=O)c1cnc(-n2cccc2)nc1. The summed E-state index contributed by atoms with van der Waals surface area (Å²) in [5, 5.41) is 0. The van der Waals surface area contributed by atoms with Crippen molar-refractivity contribution >= 4 is 5.97 Å². The van der Waals surface area contributed by atoms with E-state index in [0.717, 1.165) is 0 Å². The monoisotopic (exact) mass is 217 g/mol. The lowest BCUT2D eigenvalue weighted by atomic mass is 10.3. The minimum Gasteiger partial charge on any atom is -0.462 e. The van der Waals surface area contributed by atoms with Crippen molar-refractivity contribution in [2.75, 3.05) is 6.61 Å². The zero-order valence-electron chi connectivity index (χ0n) is 8.83. The molecule has 0 spiro atoms. The zero-order valence-corrected chi connectivity index (χ0v) is 8.83. The van der Waals surface area contributed by atoms with E-state index in [1.165, 1.54) is 12.4 Å². The van der Waals surface area contributed by atoms with Crippen molar-refractivity contribution in [3.63, 3.8) is 0 Å². The molecule has 0 aliphatic heterocycles. The van der Waals surface area contributed by atoms with E-state index in [-0.39, 0.29) is 0 Å². The molecule has 2 aromatic heterocycles. The minimum atomic E-state index is -0.401. The highest BCUT2D eigenvalue weighted by Crippen LogP contribution is 2.03. The van der Waals surface area contributed by atoms with Gasteiger partial charge in [0.1, 0.15) is 0 Å². The summed E-state index contributed by atoms with van der Waals surface area (Å²) in [5.74, 6) is 0.125. The summed E-state index contributed by atoms with van der Waals surface area (Å²) in [7, 11) is 0. The van der Waals surface area contributed by atoms with Gasteiger partial charge in [0.25, 0.3) is 0 Å². The fourth-order valence-corrected chi connectivity index (χ4v) is 1.24. The van der Waals surface area contributed by atoms with E-state index >= 15 is 0 Å². The molecular formula is C11H11N3O2. The van der Waals surface area contributed by atoms with E-state index < -0.39 is 5.97 Å². The Hall–Kier alpha value is -2.17. The largest absolute Gasteiger partial charge is 0.462 e. The molecule has 82 valence electrons. The third-order valence-electron chi connectivity index (χ3n) is 1.98. The van der Waals surface area contributed by atoms with E-state index in [0.29, 0.717) is 18.1 Å². The van der Waals surface area contributed by atoms with Crippen LogP contribution < -0.4 is 0 Å². The molecule has 2 aromatic rings. The molecule has 0 aliphatic rings. The summed E-state index contributed by atoms with van der Waals surface area (Å²) in [6.07, 6.45) is 6.58. The molecular weight excluding hydrogens is 206 g/mol. The predicted molar refractivity (Wildman–Crippen MR) is 57.3 cm³/mol. The van der Waals surface area contributed by atoms with E-state index in [1.807, 2.05) is 24.5 Å². The van der Waals surface area contributed by atoms with Gasteiger partial charge in [0.05, 0.1) is 12.2 Å². The molecule has 0 aromatic carbocycles. The van der Waals surface area contributed by atoms with Crippen molar-refractivity contribution in [1.82, 2.24) is 14.5 Å². The van der Waals surface area contributed by atoms with Crippen LogP contribution in [0.25, 0.3) is 5.95 Å². The van der Waals surface area contributed by atoms with E-state index in [1.54, 1.807) is 11.5 Å². The zero-order chi connectivity index (χ0) is 11.4. The first kappa shape index (κ1) is 10.4. The van der Waals surface area contributed by atoms with Gasteiger partial charge in [0.15, 0.2) is 0 Å². The second-order valence-electron chi connectivity index (χ2n) is 3.08. The van der Waals surface area contributed by atoms with Crippen LogP contribution in [0.5, 0.6) is 0 Å². The second kappa shape index (κ2) is 4.57. The first-order chi connectivity index (χ1) is 7.81. The first-order valence-corrected chi connectivity index (χ1v) is 4.93.